The molecule has 0 saturated heterocycles. The summed E-state index contributed by atoms with van der Waals surface area (Å²) in [6.07, 6.45) is 2.11. The number of rotatable bonds is 8. The molecule has 7 nitrogen and oxygen atoms in total. The Kier molecular flexibility index (Phi) is 7.50. The van der Waals surface area contributed by atoms with Crippen LogP contribution in [-0.2, 0) is 9.59 Å². The highest BCUT2D eigenvalue weighted by molar-refractivity contribution is 5.86. The van der Waals surface area contributed by atoms with E-state index in [1.807, 2.05) is 13.8 Å². The molecule has 7 heteroatoms. The number of carboxylic acids is 2. The van der Waals surface area contributed by atoms with Crippen molar-refractivity contribution in [2.75, 3.05) is 0 Å². The molecule has 0 spiro atoms. The quantitative estimate of drug-likeness (QED) is 0.515. The lowest BCUT2D eigenvalue weighted by atomic mass is 10.1. The Morgan fingerprint density at radius 3 is 2.22 bits per heavy atom. The van der Waals surface area contributed by atoms with Crippen LogP contribution in [-0.4, -0.2) is 40.3 Å². The van der Waals surface area contributed by atoms with Crippen LogP contribution in [0.1, 0.15) is 39.5 Å². The summed E-state index contributed by atoms with van der Waals surface area (Å²) in [7, 11) is 0. The maximum Gasteiger partial charge on any atom is 0.326 e. The van der Waals surface area contributed by atoms with Crippen molar-refractivity contribution in [3.63, 3.8) is 0 Å². The van der Waals surface area contributed by atoms with Gasteiger partial charge in [0.15, 0.2) is 0 Å². The molecule has 0 radical (unpaired) electrons. The van der Waals surface area contributed by atoms with E-state index < -0.39 is 30.4 Å². The molecule has 0 saturated carbocycles. The number of carbonyl (C=O) groups excluding carboxylic acids is 1. The summed E-state index contributed by atoms with van der Waals surface area (Å²) in [6.45, 7) is 3.84. The Bertz CT molecular complexity index is 306. The third-order valence-electron chi connectivity index (χ3n) is 2.35. The van der Waals surface area contributed by atoms with Crippen molar-refractivity contribution in [2.45, 2.75) is 51.6 Å². The first-order chi connectivity index (χ1) is 8.36. The molecule has 0 aromatic rings. The van der Waals surface area contributed by atoms with Gasteiger partial charge in [-0.05, 0) is 13.3 Å². The first-order valence-corrected chi connectivity index (χ1v) is 5.88. The molecular weight excluding hydrogens is 240 g/mol. The molecule has 104 valence electrons. The molecule has 18 heavy (non-hydrogen) atoms. The van der Waals surface area contributed by atoms with Crippen LogP contribution >= 0.6 is 0 Å². The van der Waals surface area contributed by atoms with Crippen molar-refractivity contribution < 1.29 is 24.6 Å². The van der Waals surface area contributed by atoms with Crippen LogP contribution in [0.15, 0.2) is 0 Å². The van der Waals surface area contributed by atoms with E-state index in [2.05, 4.69) is 10.6 Å². The second-order valence-electron chi connectivity index (χ2n) is 4.15. The summed E-state index contributed by atoms with van der Waals surface area (Å²) in [6, 6.07) is -2.16. The van der Waals surface area contributed by atoms with Gasteiger partial charge in [-0.2, -0.15) is 0 Å². The number of hydrogen-bond acceptors (Lipinski definition) is 3. The van der Waals surface area contributed by atoms with Gasteiger partial charge in [0, 0.05) is 6.04 Å². The van der Waals surface area contributed by atoms with Crippen molar-refractivity contribution in [3.05, 3.63) is 0 Å². The fourth-order valence-corrected chi connectivity index (χ4v) is 1.38. The average molecular weight is 260 g/mol. The molecule has 0 heterocycles. The molecule has 2 atom stereocenters. The molecule has 0 aliphatic carbocycles. The average Bonchev–Trinajstić information content (AvgIpc) is 2.24. The van der Waals surface area contributed by atoms with E-state index in [1.165, 1.54) is 0 Å². The van der Waals surface area contributed by atoms with Gasteiger partial charge in [-0.15, -0.1) is 0 Å². The summed E-state index contributed by atoms with van der Waals surface area (Å²) in [4.78, 5) is 32.6. The van der Waals surface area contributed by atoms with Gasteiger partial charge >= 0.3 is 18.0 Å². The van der Waals surface area contributed by atoms with Crippen LogP contribution < -0.4 is 10.6 Å². The number of urea groups is 1. The molecule has 0 bridgehead atoms. The second-order valence-corrected chi connectivity index (χ2v) is 4.15. The molecule has 2 amide bonds. The van der Waals surface area contributed by atoms with E-state index in [4.69, 9.17) is 10.2 Å². The number of nitrogens with one attached hydrogen (secondary N) is 2. The summed E-state index contributed by atoms with van der Waals surface area (Å²) < 4.78 is 0. The summed E-state index contributed by atoms with van der Waals surface area (Å²) in [5.74, 6) is -2.64. The number of hydrogen-bond donors (Lipinski definition) is 4. The Morgan fingerprint density at radius 1 is 1.17 bits per heavy atom. The van der Waals surface area contributed by atoms with Crippen molar-refractivity contribution >= 4 is 18.0 Å². The van der Waals surface area contributed by atoms with Crippen molar-refractivity contribution in [1.82, 2.24) is 10.6 Å². The van der Waals surface area contributed by atoms with Gasteiger partial charge in [0.1, 0.15) is 6.04 Å². The van der Waals surface area contributed by atoms with Crippen LogP contribution in [0.5, 0.6) is 0 Å². The van der Waals surface area contributed by atoms with Gasteiger partial charge in [0.2, 0.25) is 0 Å². The minimum Gasteiger partial charge on any atom is -0.481 e. The lowest BCUT2D eigenvalue weighted by molar-refractivity contribution is -0.145. The van der Waals surface area contributed by atoms with Gasteiger partial charge in [0.25, 0.3) is 0 Å². The normalized spacial score (nSPS) is 13.4. The summed E-state index contributed by atoms with van der Waals surface area (Å²) in [5, 5.41) is 21.9. The fourth-order valence-electron chi connectivity index (χ4n) is 1.38. The smallest absolute Gasteiger partial charge is 0.326 e. The van der Waals surface area contributed by atoms with Crippen LogP contribution in [0, 0.1) is 0 Å². The van der Waals surface area contributed by atoms with Crippen molar-refractivity contribution in [3.8, 4) is 0 Å². The molecular formula is C11H20N2O5. The lowest BCUT2D eigenvalue weighted by Crippen LogP contribution is -2.49. The molecule has 0 aliphatic heterocycles. The summed E-state index contributed by atoms with van der Waals surface area (Å²) in [5.41, 5.74) is 0. The van der Waals surface area contributed by atoms with E-state index in [0.717, 1.165) is 19.3 Å². The van der Waals surface area contributed by atoms with Crippen LogP contribution in [0.25, 0.3) is 0 Å². The van der Waals surface area contributed by atoms with E-state index in [0.29, 0.717) is 0 Å². The maximum atomic E-state index is 11.4. The molecule has 0 aromatic carbocycles. The Morgan fingerprint density at radius 2 is 1.78 bits per heavy atom. The third-order valence-corrected chi connectivity index (χ3v) is 2.35. The monoisotopic (exact) mass is 260 g/mol. The Balaban J connectivity index is 4.17. The van der Waals surface area contributed by atoms with Crippen molar-refractivity contribution in [1.29, 1.82) is 0 Å². The van der Waals surface area contributed by atoms with Crippen LogP contribution in [0.3, 0.4) is 0 Å². The van der Waals surface area contributed by atoms with Gasteiger partial charge < -0.3 is 20.8 Å². The minimum atomic E-state index is -1.42. The molecule has 1 unspecified atom stereocenters. The predicted molar refractivity (Wildman–Crippen MR) is 64.3 cm³/mol. The van der Waals surface area contributed by atoms with Crippen molar-refractivity contribution in [2.24, 2.45) is 0 Å². The number of unbranched alkanes of at least 4 members (excludes halogenated alkanes) is 1. The molecule has 0 aromatic heterocycles. The number of amides is 2. The second kappa shape index (κ2) is 8.32. The number of carbonyl (C=O) groups is 3. The van der Waals surface area contributed by atoms with Crippen LogP contribution in [0.4, 0.5) is 4.79 Å². The first-order valence-electron chi connectivity index (χ1n) is 5.88. The Hall–Kier alpha value is -1.79. The van der Waals surface area contributed by atoms with Gasteiger partial charge in [-0.25, -0.2) is 9.59 Å². The van der Waals surface area contributed by atoms with E-state index in [-0.39, 0.29) is 6.04 Å². The van der Waals surface area contributed by atoms with Gasteiger partial charge in [-0.3, -0.25) is 4.79 Å². The zero-order valence-electron chi connectivity index (χ0n) is 10.6. The zero-order chi connectivity index (χ0) is 14.1. The molecule has 4 N–H and O–H groups in total. The topological polar surface area (TPSA) is 116 Å². The largest absolute Gasteiger partial charge is 0.481 e. The number of carboxylic acid groups (broad SMARTS) is 2. The van der Waals surface area contributed by atoms with Gasteiger partial charge in [0.05, 0.1) is 6.42 Å². The number of aliphatic carboxylic acids is 2. The highest BCUT2D eigenvalue weighted by atomic mass is 16.4. The summed E-state index contributed by atoms with van der Waals surface area (Å²) >= 11 is 0. The predicted octanol–water partition coefficient (Wildman–Crippen LogP) is 0.792. The maximum absolute atomic E-state index is 11.4. The van der Waals surface area contributed by atoms with Crippen LogP contribution in [0.2, 0.25) is 0 Å². The van der Waals surface area contributed by atoms with E-state index >= 15 is 0 Å². The fraction of sp³-hybridized carbons (Fsp3) is 0.727. The molecule has 0 aliphatic rings. The SMILES string of the molecule is CCCCC(C)NC(=O)N[C@H](CC(=O)O)C(=O)O. The zero-order valence-corrected chi connectivity index (χ0v) is 10.6. The van der Waals surface area contributed by atoms with E-state index in [9.17, 15) is 14.4 Å². The minimum absolute atomic E-state index is 0.0794. The molecule has 0 rings (SSSR count). The first kappa shape index (κ1) is 16.2. The highest BCUT2D eigenvalue weighted by Crippen LogP contribution is 1.99. The van der Waals surface area contributed by atoms with E-state index in [1.54, 1.807) is 0 Å². The standard InChI is InChI=1S/C11H20N2O5/c1-3-4-5-7(2)12-11(18)13-8(10(16)17)6-9(14)15/h7-8H,3-6H2,1-2H3,(H,14,15)(H,16,17)(H2,12,13,18)/t7?,8-/m1/s1. The lowest BCUT2D eigenvalue weighted by Gasteiger charge is -2.17. The Labute approximate surface area is 106 Å². The highest BCUT2D eigenvalue weighted by Gasteiger charge is 2.23. The third kappa shape index (κ3) is 7.48. The molecule has 0 fully saturated rings. The van der Waals surface area contributed by atoms with Gasteiger partial charge in [-0.1, -0.05) is 19.8 Å².